The third-order valence-electron chi connectivity index (χ3n) is 8.41. The molecule has 1 aliphatic carbocycles. The Bertz CT molecular complexity index is 1520. The molecule has 2 unspecified atom stereocenters. The van der Waals surface area contributed by atoms with Crippen LogP contribution in [-0.4, -0.2) is 61.1 Å². The highest BCUT2D eigenvalue weighted by atomic mass is 16.7. The maximum atomic E-state index is 13.5. The Kier molecular flexibility index (Phi) is 7.76. The largest absolute Gasteiger partial charge is 0.368 e. The van der Waals surface area contributed by atoms with Crippen molar-refractivity contribution in [3.8, 4) is 0 Å². The molecular formula is C32H34N4O6. The molecule has 1 spiro atoms. The van der Waals surface area contributed by atoms with Crippen LogP contribution in [0.1, 0.15) is 46.9 Å². The third kappa shape index (κ3) is 5.17. The average molecular weight is 571 g/mol. The number of hydrogen-bond donors (Lipinski definition) is 2. The number of pyridine rings is 1. The smallest absolute Gasteiger partial charge is 0.252 e. The minimum absolute atomic E-state index is 0.0502. The fourth-order valence-electron chi connectivity index (χ4n) is 6.37. The van der Waals surface area contributed by atoms with Gasteiger partial charge in [0.1, 0.15) is 18.5 Å². The van der Waals surface area contributed by atoms with Crippen molar-refractivity contribution < 1.29 is 28.6 Å². The molecule has 0 saturated carbocycles. The summed E-state index contributed by atoms with van der Waals surface area (Å²) in [7, 11) is 3.11. The van der Waals surface area contributed by atoms with Crippen LogP contribution >= 0.6 is 0 Å². The molecule has 6 rings (SSSR count). The molecule has 1 saturated heterocycles. The monoisotopic (exact) mass is 570 g/mol. The number of carbonyl (C=O) groups excluding carboxylic acids is 3. The van der Waals surface area contributed by atoms with Crippen molar-refractivity contribution in [1.82, 2.24) is 9.88 Å². The number of aromatic nitrogens is 1. The van der Waals surface area contributed by atoms with E-state index in [1.54, 1.807) is 20.4 Å². The van der Waals surface area contributed by atoms with Gasteiger partial charge in [-0.1, -0.05) is 36.4 Å². The van der Waals surface area contributed by atoms with Gasteiger partial charge >= 0.3 is 0 Å². The number of nitrogens with zero attached hydrogens (tertiary/aromatic N) is 2. The Balaban J connectivity index is 1.19. The number of benzene rings is 2. The number of ether oxygens (including phenoxy) is 3. The predicted molar refractivity (Wildman–Crippen MR) is 155 cm³/mol. The zero-order valence-corrected chi connectivity index (χ0v) is 23.7. The first-order valence-corrected chi connectivity index (χ1v) is 14.1. The first-order valence-electron chi connectivity index (χ1n) is 14.1. The van der Waals surface area contributed by atoms with Crippen molar-refractivity contribution in [1.29, 1.82) is 0 Å². The van der Waals surface area contributed by atoms with E-state index in [0.717, 1.165) is 34.2 Å². The van der Waals surface area contributed by atoms with E-state index in [4.69, 9.17) is 14.2 Å². The van der Waals surface area contributed by atoms with Gasteiger partial charge in [-0.15, -0.1) is 0 Å². The van der Waals surface area contributed by atoms with E-state index in [0.29, 0.717) is 37.4 Å². The van der Waals surface area contributed by atoms with E-state index < -0.39 is 17.8 Å². The van der Waals surface area contributed by atoms with Crippen LogP contribution < -0.4 is 10.6 Å². The van der Waals surface area contributed by atoms with E-state index in [9.17, 15) is 14.4 Å². The number of rotatable bonds is 9. The molecule has 1 aromatic heterocycles. The minimum Gasteiger partial charge on any atom is -0.368 e. The normalized spacial score (nSPS) is 20.5. The summed E-state index contributed by atoms with van der Waals surface area (Å²) in [6.45, 7) is 0.568. The number of nitrogens with one attached hydrogen (secondary N) is 2. The number of hydrogen-bond acceptors (Lipinski definition) is 7. The quantitative estimate of drug-likeness (QED) is 0.378. The predicted octanol–water partition coefficient (Wildman–Crippen LogP) is 3.51. The number of anilines is 2. The topological polar surface area (TPSA) is 119 Å². The van der Waals surface area contributed by atoms with Crippen molar-refractivity contribution in [2.75, 3.05) is 38.0 Å². The van der Waals surface area contributed by atoms with Gasteiger partial charge in [-0.05, 0) is 60.6 Å². The summed E-state index contributed by atoms with van der Waals surface area (Å²) in [6, 6.07) is 17.1. The molecular weight excluding hydrogens is 536 g/mol. The zero-order valence-electron chi connectivity index (χ0n) is 23.7. The van der Waals surface area contributed by atoms with Gasteiger partial charge in [-0.25, -0.2) is 4.98 Å². The van der Waals surface area contributed by atoms with Crippen LogP contribution in [0.2, 0.25) is 0 Å². The fraction of sp³-hybridized carbons (Fsp3) is 0.375. The molecule has 3 aromatic rings. The van der Waals surface area contributed by atoms with Crippen molar-refractivity contribution in [3.63, 3.8) is 0 Å². The van der Waals surface area contributed by atoms with Crippen LogP contribution in [-0.2, 0) is 53.4 Å². The highest BCUT2D eigenvalue weighted by Gasteiger charge is 2.51. The molecule has 1 fully saturated rings. The molecule has 42 heavy (non-hydrogen) atoms. The van der Waals surface area contributed by atoms with E-state index in [1.807, 2.05) is 54.6 Å². The summed E-state index contributed by atoms with van der Waals surface area (Å²) >= 11 is 0. The van der Waals surface area contributed by atoms with Crippen LogP contribution in [0.15, 0.2) is 60.8 Å². The van der Waals surface area contributed by atoms with E-state index >= 15 is 0 Å². The summed E-state index contributed by atoms with van der Waals surface area (Å²) in [4.78, 5) is 45.8. The lowest BCUT2D eigenvalue weighted by atomic mass is 9.79. The molecule has 218 valence electrons. The van der Waals surface area contributed by atoms with E-state index in [-0.39, 0.29) is 30.8 Å². The van der Waals surface area contributed by atoms with Crippen LogP contribution in [0, 0.1) is 0 Å². The fourth-order valence-corrected chi connectivity index (χ4v) is 6.37. The molecule has 3 aliphatic rings. The molecule has 10 heteroatoms. The molecule has 2 atom stereocenters. The summed E-state index contributed by atoms with van der Waals surface area (Å²) < 4.78 is 16.6. The number of fused-ring (bicyclic) bond motifs is 3. The molecule has 0 bridgehead atoms. The summed E-state index contributed by atoms with van der Waals surface area (Å²) in [5.41, 5.74) is 4.51. The van der Waals surface area contributed by atoms with Gasteiger partial charge in [0.15, 0.2) is 6.29 Å². The van der Waals surface area contributed by atoms with E-state index in [2.05, 4.69) is 15.6 Å². The highest BCUT2D eigenvalue weighted by Crippen LogP contribution is 2.47. The molecule has 3 heterocycles. The minimum atomic E-state index is -0.686. The molecule has 0 radical (unpaired) electrons. The highest BCUT2D eigenvalue weighted by molar-refractivity contribution is 6.06. The maximum Gasteiger partial charge on any atom is 0.252 e. The van der Waals surface area contributed by atoms with Gasteiger partial charge in [0.05, 0.1) is 5.41 Å². The number of methoxy groups -OCH3 is 2. The first-order chi connectivity index (χ1) is 20.4. The Morgan fingerprint density at radius 3 is 2.71 bits per heavy atom. The molecule has 10 nitrogen and oxygen atoms in total. The Labute approximate surface area is 244 Å². The lowest BCUT2D eigenvalue weighted by Crippen LogP contribution is -2.43. The van der Waals surface area contributed by atoms with Gasteiger partial charge < -0.3 is 29.7 Å². The number of amides is 3. The first kappa shape index (κ1) is 28.0. The van der Waals surface area contributed by atoms with Gasteiger partial charge in [0, 0.05) is 50.4 Å². The molecule has 2 aromatic carbocycles. The standard InChI is InChI=1S/C32H34N4O6/c1-40-30(41-2)24-8-4-3-7-21(24)18-36(29(38)26-10-6-14-42-26)19-27(37)34-23-12-11-20-16-32(17-22(20)15-23)25-9-5-13-33-28(25)35-31(32)39/h3-5,7-9,11-13,15,26,30H,6,10,14,16-19H2,1-2H3,(H,34,37)(H,33,35,39). The Morgan fingerprint density at radius 1 is 1.12 bits per heavy atom. The number of carbonyl (C=O) groups is 3. The zero-order chi connectivity index (χ0) is 29.3. The second-order valence-electron chi connectivity index (χ2n) is 11.0. The van der Waals surface area contributed by atoms with E-state index in [1.165, 1.54) is 4.90 Å². The van der Waals surface area contributed by atoms with Crippen LogP contribution in [0.3, 0.4) is 0 Å². The molecule has 3 amide bonds. The SMILES string of the molecule is COC(OC)c1ccccc1CN(CC(=O)Nc1ccc2c(c1)CC1(C2)C(=O)Nc2ncccc21)C(=O)C1CCCO1. The van der Waals surface area contributed by atoms with Crippen LogP contribution in [0.4, 0.5) is 11.5 Å². The lowest BCUT2D eigenvalue weighted by molar-refractivity contribution is -0.144. The Morgan fingerprint density at radius 2 is 1.93 bits per heavy atom. The van der Waals surface area contributed by atoms with Gasteiger partial charge in [-0.3, -0.25) is 14.4 Å². The summed E-state index contributed by atoms with van der Waals surface area (Å²) in [5, 5.41) is 5.89. The second-order valence-corrected chi connectivity index (χ2v) is 11.0. The average Bonchev–Trinajstić information content (AvgIpc) is 3.72. The summed E-state index contributed by atoms with van der Waals surface area (Å²) in [5.74, 6) is 0.0170. The lowest BCUT2D eigenvalue weighted by Gasteiger charge is -2.27. The molecule has 2 aliphatic heterocycles. The van der Waals surface area contributed by atoms with Gasteiger partial charge in [0.25, 0.3) is 5.91 Å². The van der Waals surface area contributed by atoms with Crippen molar-refractivity contribution >= 4 is 29.2 Å². The van der Waals surface area contributed by atoms with Crippen LogP contribution in [0.25, 0.3) is 0 Å². The van der Waals surface area contributed by atoms with Crippen LogP contribution in [0.5, 0.6) is 0 Å². The maximum absolute atomic E-state index is 13.5. The third-order valence-corrected chi connectivity index (χ3v) is 8.41. The summed E-state index contributed by atoms with van der Waals surface area (Å²) in [6.07, 6.45) is 3.03. The molecule has 2 N–H and O–H groups in total. The Hall–Kier alpha value is -4.12. The van der Waals surface area contributed by atoms with Gasteiger partial charge in [0.2, 0.25) is 11.8 Å². The van der Waals surface area contributed by atoms with Crippen molar-refractivity contribution in [2.24, 2.45) is 0 Å². The van der Waals surface area contributed by atoms with Gasteiger partial charge in [-0.2, -0.15) is 0 Å². The van der Waals surface area contributed by atoms with Crippen molar-refractivity contribution in [2.45, 2.75) is 50.0 Å². The second kappa shape index (κ2) is 11.6. The van der Waals surface area contributed by atoms with Crippen molar-refractivity contribution in [3.05, 3.63) is 88.6 Å².